The molecule has 2 heterocycles. The van der Waals surface area contributed by atoms with Crippen molar-refractivity contribution in [1.29, 1.82) is 0 Å². The van der Waals surface area contributed by atoms with Crippen LogP contribution in [-0.2, 0) is 4.74 Å². The lowest BCUT2D eigenvalue weighted by atomic mass is 10.2. The number of fused-ring (bicyclic) bond motifs is 1. The van der Waals surface area contributed by atoms with Crippen molar-refractivity contribution in [3.05, 3.63) is 18.0 Å². The minimum Gasteiger partial charge on any atom is -0.480 e. The number of nitrogens with zero attached hydrogens (tertiary/aromatic N) is 2. The van der Waals surface area contributed by atoms with Gasteiger partial charge in [-0.15, -0.1) is 0 Å². The molecule has 2 rings (SSSR count). The number of methoxy groups -OCH3 is 2. The Hall–Kier alpha value is -2.11. The zero-order chi connectivity index (χ0) is 10.8. The van der Waals surface area contributed by atoms with Crippen molar-refractivity contribution in [2.45, 2.75) is 0 Å². The number of aromatic amines is 1. The first kappa shape index (κ1) is 9.45. The fraction of sp³-hybridized carbons (Fsp3) is 0.222. The quantitative estimate of drug-likeness (QED) is 0.735. The van der Waals surface area contributed by atoms with Crippen LogP contribution in [0.3, 0.4) is 0 Å². The second-order valence-electron chi connectivity index (χ2n) is 2.81. The summed E-state index contributed by atoms with van der Waals surface area (Å²) in [5.74, 6) is -0.280. The van der Waals surface area contributed by atoms with Crippen LogP contribution in [0.15, 0.2) is 12.4 Å². The summed E-state index contributed by atoms with van der Waals surface area (Å²) in [5, 5.41) is 0. The molecule has 0 bridgehead atoms. The lowest BCUT2D eigenvalue weighted by Gasteiger charge is -2.04. The summed E-state index contributed by atoms with van der Waals surface area (Å²) in [6.07, 6.45) is 1.50. The van der Waals surface area contributed by atoms with Crippen LogP contribution in [0.1, 0.15) is 10.4 Å². The number of imidazole rings is 1. The van der Waals surface area contributed by atoms with Crippen LogP contribution in [0.2, 0.25) is 0 Å². The maximum atomic E-state index is 11.4. The second-order valence-corrected chi connectivity index (χ2v) is 2.81. The monoisotopic (exact) mass is 207 g/mol. The van der Waals surface area contributed by atoms with Crippen molar-refractivity contribution < 1.29 is 14.3 Å². The average Bonchev–Trinajstić information content (AvgIpc) is 2.73. The first-order chi connectivity index (χ1) is 7.26. The predicted octanol–water partition coefficient (Wildman–Crippen LogP) is 0.753. The number of nitrogens with one attached hydrogen (secondary N) is 1. The van der Waals surface area contributed by atoms with Gasteiger partial charge in [0.2, 0.25) is 5.88 Å². The molecule has 6 heteroatoms. The van der Waals surface area contributed by atoms with E-state index < -0.39 is 5.97 Å². The molecule has 0 fully saturated rings. The lowest BCUT2D eigenvalue weighted by molar-refractivity contribution is 0.0596. The van der Waals surface area contributed by atoms with E-state index in [0.717, 1.165) is 0 Å². The summed E-state index contributed by atoms with van der Waals surface area (Å²) in [7, 11) is 2.74. The molecule has 0 aliphatic carbocycles. The highest BCUT2D eigenvalue weighted by Gasteiger charge is 2.16. The Morgan fingerprint density at radius 1 is 1.47 bits per heavy atom. The lowest BCUT2D eigenvalue weighted by Crippen LogP contribution is -2.05. The number of hydrogen-bond donors (Lipinski definition) is 1. The van der Waals surface area contributed by atoms with Crippen LogP contribution in [0.4, 0.5) is 0 Å². The first-order valence-corrected chi connectivity index (χ1v) is 4.22. The number of ether oxygens (including phenoxy) is 2. The Labute approximate surface area is 85.2 Å². The van der Waals surface area contributed by atoms with Gasteiger partial charge in [0.1, 0.15) is 5.56 Å². The van der Waals surface area contributed by atoms with E-state index in [1.54, 1.807) is 6.07 Å². The molecule has 0 atom stereocenters. The van der Waals surface area contributed by atoms with Crippen LogP contribution in [0.5, 0.6) is 5.88 Å². The topological polar surface area (TPSA) is 77.1 Å². The van der Waals surface area contributed by atoms with Gasteiger partial charge in [0.15, 0.2) is 5.65 Å². The fourth-order valence-electron chi connectivity index (χ4n) is 1.27. The third-order valence-electron chi connectivity index (χ3n) is 1.97. The SMILES string of the molecule is COC(=O)c1cc2[nH]cnc2nc1OC. The normalized spacial score (nSPS) is 10.3. The van der Waals surface area contributed by atoms with Gasteiger partial charge in [0, 0.05) is 0 Å². The molecule has 0 radical (unpaired) electrons. The van der Waals surface area contributed by atoms with Crippen molar-refractivity contribution in [1.82, 2.24) is 15.0 Å². The number of esters is 1. The number of hydrogen-bond acceptors (Lipinski definition) is 5. The predicted molar refractivity (Wildman–Crippen MR) is 51.8 cm³/mol. The number of H-pyrrole nitrogens is 1. The maximum absolute atomic E-state index is 11.4. The van der Waals surface area contributed by atoms with Crippen molar-refractivity contribution >= 4 is 17.1 Å². The van der Waals surface area contributed by atoms with Gasteiger partial charge >= 0.3 is 5.97 Å². The molecule has 0 saturated heterocycles. The third-order valence-corrected chi connectivity index (χ3v) is 1.97. The zero-order valence-corrected chi connectivity index (χ0v) is 8.27. The smallest absolute Gasteiger partial charge is 0.343 e. The van der Waals surface area contributed by atoms with Gasteiger partial charge in [-0.3, -0.25) is 0 Å². The Bertz CT molecular complexity index is 506. The van der Waals surface area contributed by atoms with Crippen molar-refractivity contribution in [3.8, 4) is 5.88 Å². The van der Waals surface area contributed by atoms with Crippen LogP contribution in [0.25, 0.3) is 11.2 Å². The summed E-state index contributed by atoms with van der Waals surface area (Å²) in [5.41, 5.74) is 1.44. The molecule has 2 aromatic heterocycles. The molecule has 0 aliphatic rings. The third kappa shape index (κ3) is 1.50. The number of rotatable bonds is 2. The van der Waals surface area contributed by atoms with E-state index in [2.05, 4.69) is 19.7 Å². The van der Waals surface area contributed by atoms with Crippen molar-refractivity contribution in [2.75, 3.05) is 14.2 Å². The largest absolute Gasteiger partial charge is 0.480 e. The van der Waals surface area contributed by atoms with Gasteiger partial charge in [-0.2, -0.15) is 4.98 Å². The maximum Gasteiger partial charge on any atom is 0.343 e. The molecule has 15 heavy (non-hydrogen) atoms. The molecule has 6 nitrogen and oxygen atoms in total. The minimum atomic E-state index is -0.490. The Kier molecular flexibility index (Phi) is 2.24. The molecule has 0 saturated carbocycles. The van der Waals surface area contributed by atoms with Crippen molar-refractivity contribution in [2.24, 2.45) is 0 Å². The molecule has 1 N–H and O–H groups in total. The molecular formula is C9H9N3O3. The number of aromatic nitrogens is 3. The van der Waals surface area contributed by atoms with Gasteiger partial charge < -0.3 is 14.5 Å². The second kappa shape index (κ2) is 3.56. The Balaban J connectivity index is 2.64. The van der Waals surface area contributed by atoms with E-state index in [-0.39, 0.29) is 11.4 Å². The Morgan fingerprint density at radius 2 is 2.27 bits per heavy atom. The summed E-state index contributed by atoms with van der Waals surface area (Å²) in [4.78, 5) is 22.2. The summed E-state index contributed by atoms with van der Waals surface area (Å²) >= 11 is 0. The molecule has 0 unspecified atom stereocenters. The molecule has 78 valence electrons. The van der Waals surface area contributed by atoms with Crippen LogP contribution in [-0.4, -0.2) is 35.1 Å². The van der Waals surface area contributed by atoms with E-state index >= 15 is 0 Å². The number of pyridine rings is 1. The Morgan fingerprint density at radius 3 is 2.93 bits per heavy atom. The number of carbonyl (C=O) groups is 1. The van der Waals surface area contributed by atoms with Gasteiger partial charge in [-0.05, 0) is 6.07 Å². The van der Waals surface area contributed by atoms with Crippen molar-refractivity contribution in [3.63, 3.8) is 0 Å². The average molecular weight is 207 g/mol. The van der Waals surface area contributed by atoms with Crippen LogP contribution >= 0.6 is 0 Å². The highest BCUT2D eigenvalue weighted by atomic mass is 16.5. The van der Waals surface area contributed by atoms with Gasteiger partial charge in [0.05, 0.1) is 26.1 Å². The molecule has 0 aromatic carbocycles. The van der Waals surface area contributed by atoms with Crippen LogP contribution in [0, 0.1) is 0 Å². The standard InChI is InChI=1S/C9H9N3O3/c1-14-8-5(9(13)15-2)3-6-7(12-8)11-4-10-6/h3-4H,1-2H3,(H,10,11,12). The molecule has 0 amide bonds. The fourth-order valence-corrected chi connectivity index (χ4v) is 1.27. The molecule has 0 aliphatic heterocycles. The molecule has 0 spiro atoms. The highest BCUT2D eigenvalue weighted by molar-refractivity contribution is 5.95. The van der Waals surface area contributed by atoms with E-state index in [0.29, 0.717) is 11.2 Å². The van der Waals surface area contributed by atoms with Gasteiger partial charge in [-0.25, -0.2) is 9.78 Å². The van der Waals surface area contributed by atoms with Gasteiger partial charge in [-0.1, -0.05) is 0 Å². The highest BCUT2D eigenvalue weighted by Crippen LogP contribution is 2.20. The summed E-state index contributed by atoms with van der Waals surface area (Å²) in [6.45, 7) is 0. The van der Waals surface area contributed by atoms with E-state index in [9.17, 15) is 4.79 Å². The molecular weight excluding hydrogens is 198 g/mol. The zero-order valence-electron chi connectivity index (χ0n) is 8.27. The summed E-state index contributed by atoms with van der Waals surface area (Å²) in [6, 6.07) is 1.60. The van der Waals surface area contributed by atoms with Crippen LogP contribution < -0.4 is 4.74 Å². The van der Waals surface area contributed by atoms with E-state index in [1.807, 2.05) is 0 Å². The molecule has 2 aromatic rings. The van der Waals surface area contributed by atoms with E-state index in [1.165, 1.54) is 20.5 Å². The van der Waals surface area contributed by atoms with Gasteiger partial charge in [0.25, 0.3) is 0 Å². The van der Waals surface area contributed by atoms with E-state index in [4.69, 9.17) is 4.74 Å². The number of carbonyl (C=O) groups excluding carboxylic acids is 1. The minimum absolute atomic E-state index is 0.210. The first-order valence-electron chi connectivity index (χ1n) is 4.22. The summed E-state index contributed by atoms with van der Waals surface area (Å²) < 4.78 is 9.59.